The number of hydrogen-bond acceptors (Lipinski definition) is 30. The minimum atomic E-state index is -2.36. The number of aliphatic hydroxyl groups is 2. The van der Waals surface area contributed by atoms with Crippen molar-refractivity contribution in [3.8, 4) is 34.5 Å². The summed E-state index contributed by atoms with van der Waals surface area (Å²) in [7, 11) is 5.75. The van der Waals surface area contributed by atoms with Gasteiger partial charge in [-0.15, -0.1) is 0 Å². The van der Waals surface area contributed by atoms with E-state index in [1.807, 2.05) is 13.8 Å². The summed E-state index contributed by atoms with van der Waals surface area (Å²) in [6.45, 7) is 8.37. The Hall–Kier alpha value is -8.78. The first-order valence-electron chi connectivity index (χ1n) is 37.5. The molecule has 5 amide bonds. The molecule has 0 aromatic heterocycles. The van der Waals surface area contributed by atoms with E-state index >= 15 is 0 Å². The van der Waals surface area contributed by atoms with Gasteiger partial charge in [0.25, 0.3) is 5.91 Å². The number of amides is 5. The van der Waals surface area contributed by atoms with Gasteiger partial charge in [0.2, 0.25) is 35.2 Å². The number of carbonyl (C=O) groups is 10. The summed E-state index contributed by atoms with van der Waals surface area (Å²) in [5.41, 5.74) is -7.17. The van der Waals surface area contributed by atoms with Crippen LogP contribution in [0.15, 0.2) is 36.4 Å². The van der Waals surface area contributed by atoms with Crippen molar-refractivity contribution in [1.82, 2.24) is 24.5 Å². The molecule has 2 unspecified atom stereocenters. The van der Waals surface area contributed by atoms with Gasteiger partial charge in [0.1, 0.15) is 57.9 Å². The molecule has 17 rings (SSSR count). The largest absolute Gasteiger partial charge is 0.507 e. The molecule has 33 heteroatoms. The highest BCUT2D eigenvalue weighted by Gasteiger charge is 2.60. The Morgan fingerprint density at radius 2 is 0.973 bits per heavy atom. The highest BCUT2D eigenvalue weighted by Crippen LogP contribution is 2.56. The number of ether oxygens (including phenoxy) is 12. The van der Waals surface area contributed by atoms with E-state index in [-0.39, 0.29) is 137 Å². The monoisotopic (exact) mass is 1540 g/mol. The average Bonchev–Trinajstić information content (AvgIpc) is 1.32. The Morgan fingerprint density at radius 3 is 1.41 bits per heavy atom. The van der Waals surface area contributed by atoms with Crippen molar-refractivity contribution in [3.05, 3.63) is 103 Å². The number of morpholine rings is 2. The third-order valence-corrected chi connectivity index (χ3v) is 24.6. The molecule has 0 radical (unpaired) electrons. The Balaban J connectivity index is 0.000000169. The number of hydrogen-bond donors (Lipinski definition) is 6. The second-order valence-electron chi connectivity index (χ2n) is 31.0. The van der Waals surface area contributed by atoms with Crippen LogP contribution in [0.4, 0.5) is 0 Å². The van der Waals surface area contributed by atoms with Gasteiger partial charge in [0, 0.05) is 155 Å². The third-order valence-electron chi connectivity index (χ3n) is 24.6. The van der Waals surface area contributed by atoms with Gasteiger partial charge in [0.15, 0.2) is 55.0 Å². The van der Waals surface area contributed by atoms with E-state index in [1.54, 1.807) is 21.0 Å². The van der Waals surface area contributed by atoms with Gasteiger partial charge in [-0.1, -0.05) is 38.1 Å². The molecule has 4 aliphatic carbocycles. The summed E-state index contributed by atoms with van der Waals surface area (Å²) < 4.78 is 71.7. The fraction of sp³-hybridized carbons (Fsp3) is 0.564. The summed E-state index contributed by atoms with van der Waals surface area (Å²) in [5.74, 6) is -9.74. The number of phenolic OH excluding ortho intramolecular Hbond substituents is 4. The second kappa shape index (κ2) is 28.7. The Labute approximate surface area is 635 Å². The number of rotatable bonds is 13. The zero-order valence-corrected chi connectivity index (χ0v) is 62.2. The maximum Gasteiger partial charge on any atom is 0.254 e. The van der Waals surface area contributed by atoms with E-state index in [2.05, 4.69) is 9.80 Å². The van der Waals surface area contributed by atoms with Crippen molar-refractivity contribution >= 4 is 58.5 Å². The van der Waals surface area contributed by atoms with Crippen LogP contribution in [0.2, 0.25) is 0 Å². The van der Waals surface area contributed by atoms with Crippen molar-refractivity contribution < 1.29 is 135 Å². The fourth-order valence-corrected chi connectivity index (χ4v) is 19.2. The SMILES string of the molecule is COc1cccc2c1C(=O)c1c(O)c3c(c(O)c1C2=O)C[C@@](O)(C(=O)CN1C(=O)CC(C)C1=O)C[C@@H]3O[C@H]1C[C@H]2[C@H](O[C@@H]3[C@@H](OC)OCCN32)[C@H](C)O1.COc1cccc2c1C(=O)c1c(O)c3c(c(O)c1C2=O)C[C@@](O)(C(=O)N1CCC(N2C(=O)CC(C)C2=O)CC1)C[C@@H]3O[C@H]1C[C@H]2[C@H](O[C@@H]3[C@@H](OC)OCCN32)[C@H](C)O1. The second-order valence-corrected chi connectivity index (χ2v) is 31.0. The number of methoxy groups -OCH3 is 4. The Bertz CT molecular complexity index is 4620. The highest BCUT2D eigenvalue weighted by molar-refractivity contribution is 6.32. The molecule has 9 aliphatic heterocycles. The van der Waals surface area contributed by atoms with E-state index in [0.717, 1.165) is 4.90 Å². The number of fused-ring (bicyclic) bond motifs is 12. The minimum Gasteiger partial charge on any atom is -0.507 e. The van der Waals surface area contributed by atoms with Crippen molar-refractivity contribution in [3.63, 3.8) is 0 Å². The zero-order chi connectivity index (χ0) is 78.6. The van der Waals surface area contributed by atoms with Gasteiger partial charge in [-0.05, 0) is 38.8 Å². The molecule has 592 valence electrons. The first-order valence-corrected chi connectivity index (χ1v) is 37.5. The lowest BCUT2D eigenvalue weighted by molar-refractivity contribution is -0.256. The fourth-order valence-electron chi connectivity index (χ4n) is 19.2. The molecule has 4 aromatic rings. The van der Waals surface area contributed by atoms with E-state index in [9.17, 15) is 78.6 Å². The van der Waals surface area contributed by atoms with Crippen LogP contribution in [0.1, 0.15) is 177 Å². The molecule has 9 heterocycles. The molecule has 0 spiro atoms. The summed E-state index contributed by atoms with van der Waals surface area (Å²) in [6, 6.07) is 8.06. The summed E-state index contributed by atoms with van der Waals surface area (Å²) in [4.78, 5) is 143. The van der Waals surface area contributed by atoms with Crippen molar-refractivity contribution in [1.29, 1.82) is 0 Å². The van der Waals surface area contributed by atoms with Gasteiger partial charge in [-0.2, -0.15) is 0 Å². The number of likely N-dealkylation sites (tertiary alicyclic amines) is 3. The molecular weight excluding hydrogens is 1450 g/mol. The molecule has 18 atom stereocenters. The van der Waals surface area contributed by atoms with Crippen LogP contribution in [0, 0.1) is 11.8 Å². The number of nitrogens with zero attached hydrogens (tertiary/aromatic N) is 5. The summed E-state index contributed by atoms with van der Waals surface area (Å²) in [6.07, 6.45) is -9.52. The van der Waals surface area contributed by atoms with Crippen LogP contribution in [-0.2, 0) is 89.0 Å². The smallest absolute Gasteiger partial charge is 0.254 e. The molecule has 111 heavy (non-hydrogen) atoms. The Morgan fingerprint density at radius 1 is 0.532 bits per heavy atom. The maximum absolute atomic E-state index is 14.5. The molecule has 33 nitrogen and oxygen atoms in total. The predicted octanol–water partition coefficient (Wildman–Crippen LogP) is 2.65. The lowest BCUT2D eigenvalue weighted by Gasteiger charge is -2.45. The molecule has 9 fully saturated rings. The molecule has 9 saturated heterocycles. The average molecular weight is 1540 g/mol. The van der Waals surface area contributed by atoms with E-state index in [0.29, 0.717) is 39.1 Å². The van der Waals surface area contributed by atoms with Gasteiger partial charge < -0.3 is 92.4 Å². The Kier molecular flexibility index (Phi) is 19.7. The molecule has 0 saturated carbocycles. The normalized spacial score (nSPS) is 33.7. The number of imide groups is 2. The van der Waals surface area contributed by atoms with Crippen LogP contribution < -0.4 is 9.47 Å². The van der Waals surface area contributed by atoms with Crippen LogP contribution >= 0.6 is 0 Å². The van der Waals surface area contributed by atoms with E-state index in [4.69, 9.17) is 56.8 Å². The molecule has 0 bridgehead atoms. The number of benzene rings is 4. The van der Waals surface area contributed by atoms with Crippen LogP contribution in [0.5, 0.6) is 34.5 Å². The number of carbonyl (C=O) groups excluding carboxylic acids is 10. The topological polar surface area (TPSA) is 419 Å². The van der Waals surface area contributed by atoms with E-state index < -0.39 is 209 Å². The number of phenols is 4. The predicted molar refractivity (Wildman–Crippen MR) is 374 cm³/mol. The van der Waals surface area contributed by atoms with Gasteiger partial charge >= 0.3 is 0 Å². The lowest BCUT2D eigenvalue weighted by atomic mass is 9.71. The van der Waals surface area contributed by atoms with E-state index in [1.165, 1.54) is 67.5 Å². The number of ketones is 5. The standard InChI is InChI=1S/C41H47N3O14.C37H40N2O14/c1-18-14-26(45)44(37(18)50)20-8-10-42(11-9-20)40(51)41(52)16-22-29(35(49)31-30(33(22)47)32(46)21-6-5-7-24(53-3)28(21)34(31)48)25(17-41)57-27-15-23-36(19(2)56-27)58-38-39(54-4)55-13-12-43(23)38;1-15-10-23(41)39(34(15)46)14-22(40)37(47)12-18-26(32(45)28-27(30(18)43)29(42)17-6-5-7-20(48-3)25(17)31(28)44)21(13-37)52-24-11-19-33(16(2)51-24)53-35-36(49-4)50-9-8-38(19)35/h5-7,18-20,23,25,27,36,38-39,47,49,52H,8-17H2,1-4H3;5-7,15-16,19,21,24,33,35-36,43,45,47H,8-14H2,1-4H3/t18?,19-,23-,25-,27-,36+,38+,39-,41-;15?,16-,19-,21-,24-,33+,35+,36-,37-/m00/s1. The molecule has 4 aromatic carbocycles. The maximum atomic E-state index is 14.5. The quantitative estimate of drug-likeness (QED) is 0.0715. The summed E-state index contributed by atoms with van der Waals surface area (Å²) >= 11 is 0. The molecule has 13 aliphatic rings. The van der Waals surface area contributed by atoms with Gasteiger partial charge in [0.05, 0.1) is 91.8 Å². The lowest BCUT2D eigenvalue weighted by Crippen LogP contribution is -2.57. The van der Waals surface area contributed by atoms with Crippen LogP contribution in [0.25, 0.3) is 0 Å². The van der Waals surface area contributed by atoms with Gasteiger partial charge in [-0.25, -0.2) is 0 Å². The van der Waals surface area contributed by atoms with Crippen molar-refractivity contribution in [2.75, 3.05) is 74.4 Å². The first kappa shape index (κ1) is 76.2. The van der Waals surface area contributed by atoms with Crippen molar-refractivity contribution in [2.24, 2.45) is 11.8 Å². The number of piperidine rings is 1. The molecule has 6 N–H and O–H groups in total. The van der Waals surface area contributed by atoms with Crippen molar-refractivity contribution in [2.45, 2.75) is 195 Å². The first-order chi connectivity index (χ1) is 53.0. The number of aromatic hydroxyl groups is 4. The molecular formula is C78H87N5O28. The number of Topliss-reactive ketones (excluding diaryl/α,β-unsaturated/α-hetero) is 1. The highest BCUT2D eigenvalue weighted by atomic mass is 16.7. The summed E-state index contributed by atoms with van der Waals surface area (Å²) in [5, 5.41) is 72.5. The third kappa shape index (κ3) is 12.2. The zero-order valence-electron chi connectivity index (χ0n) is 62.2. The van der Waals surface area contributed by atoms with Crippen LogP contribution in [0.3, 0.4) is 0 Å². The minimum absolute atomic E-state index is 0.0382. The van der Waals surface area contributed by atoms with Gasteiger partial charge in [-0.3, -0.25) is 67.5 Å². The van der Waals surface area contributed by atoms with Crippen LogP contribution in [-0.4, -0.2) is 279 Å².